The molecule has 4 heteroatoms. The van der Waals surface area contributed by atoms with Crippen molar-refractivity contribution in [3.63, 3.8) is 0 Å². The van der Waals surface area contributed by atoms with Crippen LogP contribution >= 0.6 is 0 Å². The molecule has 0 aliphatic carbocycles. The third kappa shape index (κ3) is 7.08. The molecule has 4 nitrogen and oxygen atoms in total. The van der Waals surface area contributed by atoms with E-state index in [1.54, 1.807) is 6.08 Å². The average molecular weight is 208 g/mol. The molecule has 0 spiro atoms. The highest BCUT2D eigenvalue weighted by Gasteiger charge is 2.09. The van der Waals surface area contributed by atoms with Crippen LogP contribution in [0.3, 0.4) is 0 Å². The molecule has 0 aromatic heterocycles. The smallest absolute Gasteiger partial charge is 0.331 e. The molecule has 1 atom stereocenters. The molecule has 0 aliphatic rings. The first-order chi connectivity index (χ1) is 7.10. The molecule has 1 unspecified atom stereocenters. The third-order valence-corrected chi connectivity index (χ3v) is 1.42. The van der Waals surface area contributed by atoms with Crippen molar-refractivity contribution >= 4 is 11.9 Å². The van der Waals surface area contributed by atoms with Gasteiger partial charge >= 0.3 is 11.9 Å². The van der Waals surface area contributed by atoms with Crippen LogP contribution in [0.1, 0.15) is 12.8 Å². The van der Waals surface area contributed by atoms with Gasteiger partial charge in [-0.2, -0.15) is 0 Å². The quantitative estimate of drug-likeness (QED) is 0.307. The number of rotatable bonds is 6. The van der Waals surface area contributed by atoms with E-state index in [2.05, 4.69) is 12.5 Å². The fourth-order valence-electron chi connectivity index (χ4n) is 0.833. The van der Waals surface area contributed by atoms with Crippen LogP contribution in [0.15, 0.2) is 24.8 Å². The number of carbonyl (C=O) groups excluding carboxylic acids is 1. The highest BCUT2D eigenvalue weighted by Crippen LogP contribution is 2.04. The maximum Gasteiger partial charge on any atom is 0.331 e. The minimum Gasteiger partial charge on any atom is -0.478 e. The second-order valence-electron chi connectivity index (χ2n) is 2.66. The Bertz CT molecular complexity index is 309. The monoisotopic (exact) mass is 208 g/mol. The molecule has 0 amide bonds. The molecule has 0 saturated carbocycles. The molecule has 0 radical (unpaired) electrons. The van der Waals surface area contributed by atoms with Gasteiger partial charge in [0, 0.05) is 25.0 Å². The van der Waals surface area contributed by atoms with Gasteiger partial charge in [0.25, 0.3) is 0 Å². The number of carbonyl (C=O) groups is 2. The van der Waals surface area contributed by atoms with Gasteiger partial charge in [0.15, 0.2) is 0 Å². The molecule has 0 saturated heterocycles. The lowest BCUT2D eigenvalue weighted by Gasteiger charge is -2.11. The normalized spacial score (nSPS) is 11.7. The summed E-state index contributed by atoms with van der Waals surface area (Å²) in [6.07, 6.45) is 8.48. The molecule has 80 valence electrons. The van der Waals surface area contributed by atoms with Crippen molar-refractivity contribution in [2.45, 2.75) is 18.9 Å². The lowest BCUT2D eigenvalue weighted by molar-refractivity contribution is -0.143. The maximum absolute atomic E-state index is 11.0. The summed E-state index contributed by atoms with van der Waals surface area (Å²) < 4.78 is 4.88. The number of aliphatic carboxylic acids is 1. The van der Waals surface area contributed by atoms with E-state index in [9.17, 15) is 9.59 Å². The summed E-state index contributed by atoms with van der Waals surface area (Å²) in [6.45, 7) is 3.49. The zero-order chi connectivity index (χ0) is 11.7. The Hall–Kier alpha value is -2.02. The minimum absolute atomic E-state index is 0.276. The van der Waals surface area contributed by atoms with Crippen LogP contribution in [-0.2, 0) is 14.3 Å². The number of hydrogen-bond acceptors (Lipinski definition) is 3. The van der Waals surface area contributed by atoms with Gasteiger partial charge < -0.3 is 9.84 Å². The Morgan fingerprint density at radius 3 is 2.67 bits per heavy atom. The van der Waals surface area contributed by atoms with Gasteiger partial charge in [0.05, 0.1) is 0 Å². The van der Waals surface area contributed by atoms with Crippen molar-refractivity contribution in [3.05, 3.63) is 24.8 Å². The fraction of sp³-hybridized carbons (Fsp3) is 0.273. The Morgan fingerprint density at radius 1 is 1.53 bits per heavy atom. The zero-order valence-electron chi connectivity index (χ0n) is 8.18. The number of hydrogen-bond donors (Lipinski definition) is 1. The Morgan fingerprint density at radius 2 is 2.20 bits per heavy atom. The van der Waals surface area contributed by atoms with Crippen LogP contribution in [0, 0.1) is 12.3 Å². The average Bonchev–Trinajstić information content (AvgIpc) is 2.15. The molecule has 0 aromatic rings. The summed E-state index contributed by atoms with van der Waals surface area (Å²) in [5.74, 6) is 0.430. The number of esters is 1. The summed E-state index contributed by atoms with van der Waals surface area (Å²) in [5, 5.41) is 8.26. The summed E-state index contributed by atoms with van der Waals surface area (Å²) in [6, 6.07) is 0. The van der Waals surface area contributed by atoms with E-state index >= 15 is 0 Å². The van der Waals surface area contributed by atoms with E-state index in [0.29, 0.717) is 12.5 Å². The lowest BCUT2D eigenvalue weighted by atomic mass is 10.2. The molecular weight excluding hydrogens is 196 g/mol. The highest BCUT2D eigenvalue weighted by atomic mass is 16.5. The number of terminal acetylenes is 1. The van der Waals surface area contributed by atoms with Gasteiger partial charge in [-0.05, 0) is 0 Å². The van der Waals surface area contributed by atoms with Crippen molar-refractivity contribution < 1.29 is 19.4 Å². The Labute approximate surface area is 88.2 Å². The number of carboxylic acid groups (broad SMARTS) is 1. The van der Waals surface area contributed by atoms with E-state index < -0.39 is 18.0 Å². The predicted molar refractivity (Wildman–Crippen MR) is 54.9 cm³/mol. The first-order valence-corrected chi connectivity index (χ1v) is 4.26. The van der Waals surface area contributed by atoms with Crippen molar-refractivity contribution in [2.75, 3.05) is 0 Å². The van der Waals surface area contributed by atoms with E-state index in [1.165, 1.54) is 0 Å². The third-order valence-electron chi connectivity index (χ3n) is 1.42. The second kappa shape index (κ2) is 7.39. The maximum atomic E-state index is 11.0. The minimum atomic E-state index is -1.20. The Kier molecular flexibility index (Phi) is 6.39. The van der Waals surface area contributed by atoms with Gasteiger partial charge in [-0.3, -0.25) is 0 Å². The van der Waals surface area contributed by atoms with Crippen LogP contribution in [0.2, 0.25) is 0 Å². The molecule has 0 aliphatic heterocycles. The first-order valence-electron chi connectivity index (χ1n) is 4.26. The second-order valence-corrected chi connectivity index (χ2v) is 2.66. The van der Waals surface area contributed by atoms with E-state index in [-0.39, 0.29) is 6.42 Å². The molecule has 0 heterocycles. The van der Waals surface area contributed by atoms with Crippen molar-refractivity contribution in [1.82, 2.24) is 0 Å². The van der Waals surface area contributed by atoms with E-state index in [4.69, 9.17) is 16.3 Å². The highest BCUT2D eigenvalue weighted by molar-refractivity contribution is 5.90. The molecule has 0 aromatic carbocycles. The van der Waals surface area contributed by atoms with Gasteiger partial charge in [0.2, 0.25) is 0 Å². The summed E-state index contributed by atoms with van der Waals surface area (Å²) in [4.78, 5) is 21.1. The van der Waals surface area contributed by atoms with Crippen LogP contribution < -0.4 is 0 Å². The predicted octanol–water partition coefficient (Wildman–Crippen LogP) is 1.14. The summed E-state index contributed by atoms with van der Waals surface area (Å²) >= 11 is 0. The molecule has 0 bridgehead atoms. The van der Waals surface area contributed by atoms with E-state index in [1.807, 2.05) is 0 Å². The van der Waals surface area contributed by atoms with Crippen LogP contribution in [0.25, 0.3) is 0 Å². The molecular formula is C11H12O4. The molecule has 1 N–H and O–H groups in total. The molecule has 15 heavy (non-hydrogen) atoms. The lowest BCUT2D eigenvalue weighted by Crippen LogP contribution is -2.15. The van der Waals surface area contributed by atoms with Gasteiger partial charge in [0.1, 0.15) is 6.10 Å². The van der Waals surface area contributed by atoms with Crippen LogP contribution in [0.4, 0.5) is 0 Å². The largest absolute Gasteiger partial charge is 0.478 e. The SMILES string of the molecule is C#CCC(CC=C)OC(=O)C=CC(=O)O. The molecule has 0 rings (SSSR count). The van der Waals surface area contributed by atoms with Crippen molar-refractivity contribution in [2.24, 2.45) is 0 Å². The van der Waals surface area contributed by atoms with Crippen LogP contribution in [-0.4, -0.2) is 23.1 Å². The van der Waals surface area contributed by atoms with Crippen molar-refractivity contribution in [1.29, 1.82) is 0 Å². The van der Waals surface area contributed by atoms with Crippen molar-refractivity contribution in [3.8, 4) is 12.3 Å². The summed E-state index contributed by atoms with van der Waals surface area (Å²) in [7, 11) is 0. The first kappa shape index (κ1) is 13.0. The van der Waals surface area contributed by atoms with Gasteiger partial charge in [-0.1, -0.05) is 6.08 Å². The zero-order valence-corrected chi connectivity index (χ0v) is 8.18. The van der Waals surface area contributed by atoms with Gasteiger partial charge in [-0.15, -0.1) is 18.9 Å². The number of carboxylic acids is 1. The standard InChI is InChI=1S/C11H12O4/c1-3-5-9(6-4-2)15-11(14)8-7-10(12)13/h1,4,7-9H,2,5-6H2,(H,12,13). The number of ether oxygens (including phenoxy) is 1. The fourth-order valence-corrected chi connectivity index (χ4v) is 0.833. The van der Waals surface area contributed by atoms with Crippen LogP contribution in [0.5, 0.6) is 0 Å². The topological polar surface area (TPSA) is 63.6 Å². The van der Waals surface area contributed by atoms with Gasteiger partial charge in [-0.25, -0.2) is 9.59 Å². The summed E-state index contributed by atoms with van der Waals surface area (Å²) in [5.41, 5.74) is 0. The van der Waals surface area contributed by atoms with E-state index in [0.717, 1.165) is 6.08 Å². The molecule has 0 fully saturated rings. The Balaban J connectivity index is 4.16.